The van der Waals surface area contributed by atoms with Crippen LogP contribution in [0.1, 0.15) is 27.8 Å². The molecule has 2 heterocycles. The molecule has 0 aromatic heterocycles. The molecule has 0 fully saturated rings. The summed E-state index contributed by atoms with van der Waals surface area (Å²) >= 11 is 23.7. The van der Waals surface area contributed by atoms with E-state index in [1.54, 1.807) is 24.3 Å². The van der Waals surface area contributed by atoms with Gasteiger partial charge in [0.15, 0.2) is 5.69 Å². The molecule has 0 saturated heterocycles. The van der Waals surface area contributed by atoms with Gasteiger partial charge in [-0.3, -0.25) is 9.80 Å². The Morgan fingerprint density at radius 3 is 1.28 bits per heavy atom. The Morgan fingerprint density at radius 2 is 0.944 bits per heavy atom. The average molecular weight is 533 g/mol. The molecule has 36 heavy (non-hydrogen) atoms. The number of hydrogen-bond acceptors (Lipinski definition) is 5. The predicted octanol–water partition coefficient (Wildman–Crippen LogP) is 7.00. The Balaban J connectivity index is 1.52. The lowest BCUT2D eigenvalue weighted by atomic mass is 9.86. The second kappa shape index (κ2) is 8.34. The van der Waals surface area contributed by atoms with Crippen LogP contribution in [0, 0.1) is 17.9 Å². The van der Waals surface area contributed by atoms with Crippen LogP contribution in [0.2, 0.25) is 0 Å². The van der Waals surface area contributed by atoms with Crippen molar-refractivity contribution >= 4 is 96.7 Å². The molecule has 2 aliphatic heterocycles. The minimum Gasteiger partial charge on any atom is -0.291 e. The number of anilines is 2. The van der Waals surface area contributed by atoms with E-state index in [0.717, 1.165) is 44.4 Å². The summed E-state index contributed by atoms with van der Waals surface area (Å²) in [5.41, 5.74) is 6.31. The molecule has 0 N–H and O–H groups in total. The highest BCUT2D eigenvalue weighted by Crippen LogP contribution is 2.41. The quantitative estimate of drug-likeness (QED) is 0.203. The van der Waals surface area contributed by atoms with Crippen LogP contribution in [-0.4, -0.2) is 20.0 Å². The third-order valence-electron chi connectivity index (χ3n) is 6.39. The zero-order valence-corrected chi connectivity index (χ0v) is 21.6. The highest BCUT2D eigenvalue weighted by Gasteiger charge is 2.35. The number of nitriles is 1. The van der Waals surface area contributed by atoms with E-state index in [4.69, 9.17) is 60.7 Å². The fourth-order valence-corrected chi connectivity index (χ4v) is 6.29. The molecule has 0 aliphatic carbocycles. The summed E-state index contributed by atoms with van der Waals surface area (Å²) in [6, 6.07) is 24.6. The molecule has 4 aromatic carbocycles. The summed E-state index contributed by atoms with van der Waals surface area (Å²) in [5, 5.41) is 11.1. The van der Waals surface area contributed by atoms with Crippen LogP contribution in [0.25, 0.3) is 15.6 Å². The van der Waals surface area contributed by atoms with Crippen LogP contribution < -0.4 is 9.80 Å². The van der Waals surface area contributed by atoms with Crippen LogP contribution in [-0.2, 0) is 0 Å². The summed E-state index contributed by atoms with van der Waals surface area (Å²) in [5.74, 6) is 0. The van der Waals surface area contributed by atoms with Crippen LogP contribution in [0.3, 0.4) is 0 Å². The van der Waals surface area contributed by atoms with Crippen LogP contribution in [0.4, 0.5) is 17.1 Å². The summed E-state index contributed by atoms with van der Waals surface area (Å²) in [6.07, 6.45) is 0. The third-order valence-corrected chi connectivity index (χ3v) is 8.00. The van der Waals surface area contributed by atoms with Crippen LogP contribution in [0.15, 0.2) is 72.8 Å². The molecule has 168 valence electrons. The monoisotopic (exact) mass is 532 g/mol. The van der Waals surface area contributed by atoms with Gasteiger partial charge in [0, 0.05) is 44.4 Å². The molecule has 0 unspecified atom stereocenters. The second-order valence-corrected chi connectivity index (χ2v) is 9.80. The van der Waals surface area contributed by atoms with Gasteiger partial charge in [0.05, 0.1) is 18.2 Å². The summed E-state index contributed by atoms with van der Waals surface area (Å²) < 4.78 is 0. The van der Waals surface area contributed by atoms with Crippen LogP contribution in [0.5, 0.6) is 0 Å². The molecule has 0 saturated carbocycles. The van der Waals surface area contributed by atoms with Crippen molar-refractivity contribution < 1.29 is 0 Å². The Bertz CT molecular complexity index is 1570. The van der Waals surface area contributed by atoms with Crippen molar-refractivity contribution in [2.24, 2.45) is 0 Å². The Labute approximate surface area is 228 Å². The lowest BCUT2D eigenvalue weighted by Gasteiger charge is -2.36. The highest BCUT2D eigenvalue weighted by atomic mass is 32.1. The molecule has 6 rings (SSSR count). The number of thiocarbonyl (C=S) groups is 4. The van der Waals surface area contributed by atoms with Crippen molar-refractivity contribution in [1.29, 1.82) is 5.26 Å². The first-order valence-electron chi connectivity index (χ1n) is 10.8. The molecule has 4 nitrogen and oxygen atoms in total. The van der Waals surface area contributed by atoms with Gasteiger partial charge in [0.25, 0.3) is 0 Å². The van der Waals surface area contributed by atoms with E-state index in [1.807, 2.05) is 58.3 Å². The molecule has 0 spiro atoms. The molecular formula is C28H12N4S4. The first-order valence-corrected chi connectivity index (χ1v) is 12.4. The van der Waals surface area contributed by atoms with E-state index in [9.17, 15) is 0 Å². The molecule has 0 atom stereocenters. The maximum Gasteiger partial charge on any atom is 0.187 e. The van der Waals surface area contributed by atoms with Gasteiger partial charge >= 0.3 is 0 Å². The maximum atomic E-state index is 9.16. The smallest absolute Gasteiger partial charge is 0.187 e. The minimum atomic E-state index is 0.556. The maximum absolute atomic E-state index is 9.16. The van der Waals surface area contributed by atoms with E-state index >= 15 is 0 Å². The zero-order valence-electron chi connectivity index (χ0n) is 18.4. The fourth-order valence-electron chi connectivity index (χ4n) is 4.70. The third kappa shape index (κ3) is 3.13. The molecule has 8 heteroatoms. The summed E-state index contributed by atoms with van der Waals surface area (Å²) in [6.45, 7) is 7.22. The second-order valence-electron chi connectivity index (χ2n) is 8.25. The zero-order chi connectivity index (χ0) is 25.1. The van der Waals surface area contributed by atoms with E-state index in [0.29, 0.717) is 31.2 Å². The average Bonchev–Trinajstić information content (AvgIpc) is 2.91. The van der Waals surface area contributed by atoms with Gasteiger partial charge in [-0.25, -0.2) is 4.85 Å². The van der Waals surface area contributed by atoms with Crippen molar-refractivity contribution in [3.05, 3.63) is 112 Å². The number of rotatable bonds is 2. The molecular weight excluding hydrogens is 521 g/mol. The SMILES string of the molecule is [C-]#[N+]c1ccc(N2C(=S)c3ccc4c5c(ccc(c35)C2=S)C(=S)N(c2ccc(C#N)cc2)C4=S)cc1. The lowest BCUT2D eigenvalue weighted by Crippen LogP contribution is -2.42. The van der Waals surface area contributed by atoms with Crippen molar-refractivity contribution in [3.8, 4) is 6.07 Å². The van der Waals surface area contributed by atoms with Gasteiger partial charge in [-0.1, -0.05) is 85.3 Å². The van der Waals surface area contributed by atoms with Crippen molar-refractivity contribution in [1.82, 2.24) is 0 Å². The van der Waals surface area contributed by atoms with Crippen LogP contribution >= 0.6 is 48.9 Å². The molecule has 2 aliphatic rings. The number of benzene rings is 4. The molecule has 4 aromatic rings. The van der Waals surface area contributed by atoms with E-state index in [1.165, 1.54) is 0 Å². The van der Waals surface area contributed by atoms with Gasteiger partial charge in [0.1, 0.15) is 20.0 Å². The Hall–Kier alpha value is -3.92. The van der Waals surface area contributed by atoms with Crippen molar-refractivity contribution in [2.75, 3.05) is 9.80 Å². The van der Waals surface area contributed by atoms with Gasteiger partial charge in [0.2, 0.25) is 0 Å². The fraction of sp³-hybridized carbons (Fsp3) is 0. The van der Waals surface area contributed by atoms with E-state index in [-0.39, 0.29) is 0 Å². The van der Waals surface area contributed by atoms with Crippen molar-refractivity contribution in [2.45, 2.75) is 0 Å². The summed E-state index contributed by atoms with van der Waals surface area (Å²) in [4.78, 5) is 9.59. The topological polar surface area (TPSA) is 34.6 Å². The van der Waals surface area contributed by atoms with E-state index < -0.39 is 0 Å². The molecule has 0 amide bonds. The van der Waals surface area contributed by atoms with E-state index in [2.05, 4.69) is 10.9 Å². The first-order chi connectivity index (χ1) is 17.4. The molecule has 0 radical (unpaired) electrons. The highest BCUT2D eigenvalue weighted by molar-refractivity contribution is 7.83. The van der Waals surface area contributed by atoms with Gasteiger partial charge in [-0.05, 0) is 36.4 Å². The van der Waals surface area contributed by atoms with Gasteiger partial charge in [-0.15, -0.1) is 0 Å². The predicted molar refractivity (Wildman–Crippen MR) is 160 cm³/mol. The largest absolute Gasteiger partial charge is 0.291 e. The Morgan fingerprint density at radius 1 is 0.583 bits per heavy atom. The minimum absolute atomic E-state index is 0.556. The standard InChI is InChI=1S/C28H12N4S4/c1-30-16-4-8-18(9-5-16)32-27(35)21-12-10-19-23-20(11-13-22(24(21)23)28(32)36)26(34)31(25(19)33)17-6-2-15(14-29)3-7-17/h2-13H. The lowest BCUT2D eigenvalue weighted by molar-refractivity contribution is 1.40. The Kier molecular flexibility index (Phi) is 5.22. The normalized spacial score (nSPS) is 14.2. The van der Waals surface area contributed by atoms with Gasteiger partial charge < -0.3 is 0 Å². The number of nitrogens with zero attached hydrogens (tertiary/aromatic N) is 4. The van der Waals surface area contributed by atoms with Crippen molar-refractivity contribution in [3.63, 3.8) is 0 Å². The van der Waals surface area contributed by atoms with Gasteiger partial charge in [-0.2, -0.15) is 5.26 Å². The summed E-state index contributed by atoms with van der Waals surface area (Å²) in [7, 11) is 0. The first kappa shape index (κ1) is 22.5. The molecule has 0 bridgehead atoms. The number of hydrogen-bond donors (Lipinski definition) is 0.